The normalized spacial score (nSPS) is 17.0. The summed E-state index contributed by atoms with van der Waals surface area (Å²) in [6.45, 7) is 0.0323. The van der Waals surface area contributed by atoms with Crippen molar-refractivity contribution in [3.05, 3.63) is 64.7 Å². The summed E-state index contributed by atoms with van der Waals surface area (Å²) in [5, 5.41) is 11.5. The van der Waals surface area contributed by atoms with E-state index in [0.29, 0.717) is 16.3 Å². The molecule has 2 aromatic carbocycles. The first kappa shape index (κ1) is 17.3. The van der Waals surface area contributed by atoms with Gasteiger partial charge >= 0.3 is 5.97 Å². The number of hydrogen-bond donors (Lipinski definition) is 2. The molecule has 1 heterocycles. The van der Waals surface area contributed by atoms with Crippen LogP contribution in [0.5, 0.6) is 0 Å². The molecular weight excluding hydrogens is 364 g/mol. The third-order valence-electron chi connectivity index (χ3n) is 3.59. The molecule has 8 heteroatoms. The molecule has 0 aromatic heterocycles. The Bertz CT molecular complexity index is 841. The molecule has 1 saturated heterocycles. The van der Waals surface area contributed by atoms with Gasteiger partial charge in [-0.15, -0.1) is 0 Å². The Labute approximate surface area is 152 Å². The number of amides is 2. The summed E-state index contributed by atoms with van der Waals surface area (Å²) < 4.78 is 0. The van der Waals surface area contributed by atoms with Gasteiger partial charge in [0.1, 0.15) is 0 Å². The minimum atomic E-state index is -1.06. The van der Waals surface area contributed by atoms with Crippen LogP contribution in [-0.2, 0) is 11.3 Å². The van der Waals surface area contributed by atoms with Gasteiger partial charge < -0.3 is 10.4 Å². The Kier molecular flexibility index (Phi) is 4.96. The Hall–Kier alpha value is -2.51. The van der Waals surface area contributed by atoms with Crippen molar-refractivity contribution in [1.82, 2.24) is 4.90 Å². The van der Waals surface area contributed by atoms with Gasteiger partial charge in [0.25, 0.3) is 11.1 Å². The molecule has 1 unspecified atom stereocenters. The van der Waals surface area contributed by atoms with Crippen LogP contribution in [-0.4, -0.2) is 32.5 Å². The minimum absolute atomic E-state index is 0.0323. The summed E-state index contributed by atoms with van der Waals surface area (Å²) in [7, 11) is 0. The number of carboxylic acids is 1. The van der Waals surface area contributed by atoms with Gasteiger partial charge in [-0.2, -0.15) is 0 Å². The van der Waals surface area contributed by atoms with Crippen LogP contribution in [0.2, 0.25) is 5.02 Å². The van der Waals surface area contributed by atoms with Crippen molar-refractivity contribution in [2.75, 3.05) is 5.32 Å². The molecule has 2 N–H and O–H groups in total. The average Bonchev–Trinajstić information content (AvgIpc) is 2.85. The highest BCUT2D eigenvalue weighted by Gasteiger charge is 2.39. The second kappa shape index (κ2) is 7.16. The Morgan fingerprint density at radius 2 is 1.92 bits per heavy atom. The fourth-order valence-electron chi connectivity index (χ4n) is 2.36. The van der Waals surface area contributed by atoms with Crippen LogP contribution < -0.4 is 5.32 Å². The molecule has 6 nitrogen and oxygen atoms in total. The van der Waals surface area contributed by atoms with Crippen molar-refractivity contribution in [3.63, 3.8) is 0 Å². The van der Waals surface area contributed by atoms with Gasteiger partial charge in [-0.05, 0) is 53.7 Å². The summed E-state index contributed by atoms with van der Waals surface area (Å²) in [6, 6.07) is 13.0. The number of carboxylic acid groups (broad SMARTS) is 1. The largest absolute Gasteiger partial charge is 0.478 e. The number of imide groups is 1. The number of nitrogens with zero attached hydrogens (tertiary/aromatic N) is 1. The summed E-state index contributed by atoms with van der Waals surface area (Å²) in [5.74, 6) is -1.43. The van der Waals surface area contributed by atoms with Gasteiger partial charge in [-0.1, -0.05) is 23.7 Å². The fraction of sp³-hybridized carbons (Fsp3) is 0.118. The Morgan fingerprint density at radius 1 is 1.20 bits per heavy atom. The third kappa shape index (κ3) is 3.94. The molecule has 1 aliphatic rings. The molecule has 1 atom stereocenters. The molecule has 0 aliphatic carbocycles. The standard InChI is InChI=1S/C17H13ClN2O4S/c18-12-4-6-13(7-5-12)19-14-15(21)20(17(24)25-14)9-10-2-1-3-11(8-10)16(22)23/h1-8,14,19H,9H2,(H,22,23). The van der Waals surface area contributed by atoms with Crippen molar-refractivity contribution in [2.45, 2.75) is 11.9 Å². The predicted molar refractivity (Wildman–Crippen MR) is 95.8 cm³/mol. The van der Waals surface area contributed by atoms with E-state index in [1.165, 1.54) is 12.1 Å². The number of thioether (sulfide) groups is 1. The van der Waals surface area contributed by atoms with Crippen LogP contribution in [0.25, 0.3) is 0 Å². The number of benzene rings is 2. The maximum Gasteiger partial charge on any atom is 0.335 e. The molecule has 128 valence electrons. The maximum absolute atomic E-state index is 12.5. The van der Waals surface area contributed by atoms with Crippen LogP contribution >= 0.6 is 23.4 Å². The molecule has 0 spiro atoms. The number of hydrogen-bond acceptors (Lipinski definition) is 5. The lowest BCUT2D eigenvalue weighted by molar-refractivity contribution is -0.126. The van der Waals surface area contributed by atoms with E-state index in [1.54, 1.807) is 36.4 Å². The van der Waals surface area contributed by atoms with Crippen LogP contribution in [0.4, 0.5) is 10.5 Å². The zero-order chi connectivity index (χ0) is 18.0. The van der Waals surface area contributed by atoms with E-state index >= 15 is 0 Å². The molecule has 2 amide bonds. The van der Waals surface area contributed by atoms with E-state index in [0.717, 1.165) is 16.7 Å². The number of anilines is 1. The van der Waals surface area contributed by atoms with E-state index < -0.39 is 11.3 Å². The Balaban J connectivity index is 1.72. The number of carbonyl (C=O) groups is 3. The summed E-state index contributed by atoms with van der Waals surface area (Å²) in [5.41, 5.74) is 1.37. The predicted octanol–water partition coefficient (Wildman–Crippen LogP) is 3.67. The van der Waals surface area contributed by atoms with E-state index in [9.17, 15) is 14.4 Å². The molecule has 0 saturated carbocycles. The van der Waals surface area contributed by atoms with Crippen LogP contribution in [0.3, 0.4) is 0 Å². The molecule has 0 radical (unpaired) electrons. The smallest absolute Gasteiger partial charge is 0.335 e. The highest BCUT2D eigenvalue weighted by Crippen LogP contribution is 2.30. The quantitative estimate of drug-likeness (QED) is 0.827. The van der Waals surface area contributed by atoms with E-state index in [1.807, 2.05) is 0 Å². The van der Waals surface area contributed by atoms with Gasteiger partial charge in [-0.25, -0.2) is 4.79 Å². The van der Waals surface area contributed by atoms with E-state index in [-0.39, 0.29) is 23.3 Å². The molecule has 0 bridgehead atoms. The molecule has 2 aromatic rings. The first-order valence-electron chi connectivity index (χ1n) is 7.30. The summed E-state index contributed by atoms with van der Waals surface area (Å²) in [4.78, 5) is 36.8. The lowest BCUT2D eigenvalue weighted by atomic mass is 10.1. The second-order valence-corrected chi connectivity index (χ2v) is 6.84. The fourth-order valence-corrected chi connectivity index (χ4v) is 3.40. The number of halogens is 1. The van der Waals surface area contributed by atoms with Gasteiger partial charge in [0.15, 0.2) is 5.37 Å². The first-order valence-corrected chi connectivity index (χ1v) is 8.56. The zero-order valence-corrected chi connectivity index (χ0v) is 14.4. The molecular formula is C17H13ClN2O4S. The van der Waals surface area contributed by atoms with E-state index in [4.69, 9.17) is 16.7 Å². The molecule has 3 rings (SSSR count). The van der Waals surface area contributed by atoms with Crippen LogP contribution in [0.15, 0.2) is 48.5 Å². The summed E-state index contributed by atoms with van der Waals surface area (Å²) in [6.07, 6.45) is 0. The lowest BCUT2D eigenvalue weighted by Gasteiger charge is -2.15. The van der Waals surface area contributed by atoms with E-state index in [2.05, 4.69) is 5.32 Å². The van der Waals surface area contributed by atoms with Crippen molar-refractivity contribution in [2.24, 2.45) is 0 Å². The van der Waals surface area contributed by atoms with Crippen molar-refractivity contribution < 1.29 is 19.5 Å². The van der Waals surface area contributed by atoms with Crippen molar-refractivity contribution >= 4 is 46.2 Å². The second-order valence-electron chi connectivity index (χ2n) is 5.34. The third-order valence-corrected chi connectivity index (χ3v) is 4.82. The highest BCUT2D eigenvalue weighted by atomic mass is 35.5. The molecule has 25 heavy (non-hydrogen) atoms. The molecule has 1 aliphatic heterocycles. The number of carbonyl (C=O) groups excluding carboxylic acids is 2. The lowest BCUT2D eigenvalue weighted by Crippen LogP contribution is -2.33. The van der Waals surface area contributed by atoms with Crippen LogP contribution in [0, 0.1) is 0 Å². The summed E-state index contributed by atoms with van der Waals surface area (Å²) >= 11 is 6.71. The highest BCUT2D eigenvalue weighted by molar-refractivity contribution is 8.15. The van der Waals surface area contributed by atoms with Crippen molar-refractivity contribution in [1.29, 1.82) is 0 Å². The SMILES string of the molecule is O=C(O)c1cccc(CN2C(=O)SC(Nc3ccc(Cl)cc3)C2=O)c1. The average molecular weight is 377 g/mol. The van der Waals surface area contributed by atoms with Gasteiger partial charge in [0.2, 0.25) is 0 Å². The zero-order valence-electron chi connectivity index (χ0n) is 12.8. The Morgan fingerprint density at radius 3 is 2.60 bits per heavy atom. The van der Waals surface area contributed by atoms with Gasteiger partial charge in [0.05, 0.1) is 12.1 Å². The van der Waals surface area contributed by atoms with Crippen molar-refractivity contribution in [3.8, 4) is 0 Å². The van der Waals surface area contributed by atoms with Gasteiger partial charge in [0, 0.05) is 10.7 Å². The monoisotopic (exact) mass is 376 g/mol. The number of aromatic carboxylic acids is 1. The van der Waals surface area contributed by atoms with Gasteiger partial charge in [-0.3, -0.25) is 14.5 Å². The number of rotatable bonds is 5. The minimum Gasteiger partial charge on any atom is -0.478 e. The molecule has 1 fully saturated rings. The maximum atomic E-state index is 12.5. The first-order chi connectivity index (χ1) is 11.9. The van der Waals surface area contributed by atoms with Crippen LogP contribution in [0.1, 0.15) is 15.9 Å². The topological polar surface area (TPSA) is 86.7 Å². The number of nitrogens with one attached hydrogen (secondary N) is 1.